The Morgan fingerprint density at radius 3 is 2.71 bits per heavy atom. The van der Waals surface area contributed by atoms with Crippen molar-refractivity contribution in [2.75, 3.05) is 20.3 Å². The summed E-state index contributed by atoms with van der Waals surface area (Å²) < 4.78 is 10.2. The summed E-state index contributed by atoms with van der Waals surface area (Å²) in [5.41, 5.74) is 0.546. The largest absolute Gasteiger partial charge is 0.491 e. The third kappa shape index (κ3) is 5.03. The molecule has 1 atom stereocenters. The zero-order chi connectivity index (χ0) is 15.8. The van der Waals surface area contributed by atoms with Crippen LogP contribution < -0.4 is 10.1 Å². The van der Waals surface area contributed by atoms with Crippen LogP contribution in [0.4, 0.5) is 5.69 Å². The zero-order valence-electron chi connectivity index (χ0n) is 12.4. The Balaban J connectivity index is 2.69. The van der Waals surface area contributed by atoms with Crippen molar-refractivity contribution >= 4 is 11.7 Å². The number of ether oxygens (including phenoxy) is 2. The normalized spacial score (nSPS) is 11.8. The van der Waals surface area contributed by atoms with Crippen molar-refractivity contribution in [1.82, 2.24) is 5.32 Å². The number of esters is 1. The van der Waals surface area contributed by atoms with Gasteiger partial charge in [0.1, 0.15) is 18.4 Å². The van der Waals surface area contributed by atoms with E-state index in [1.54, 1.807) is 13.0 Å². The van der Waals surface area contributed by atoms with Crippen molar-refractivity contribution in [2.24, 2.45) is 0 Å². The number of nitro groups is 1. The standard InChI is InChI=1S/C14H20N2O5/c1-4-7-15-12(14(17)20-3)9-21-11-5-6-13(16(18)19)10(2)8-11/h5-6,8,12,15H,4,7,9H2,1-3H3. The van der Waals surface area contributed by atoms with E-state index < -0.39 is 16.9 Å². The molecule has 7 heteroatoms. The van der Waals surface area contributed by atoms with Crippen molar-refractivity contribution in [3.8, 4) is 5.75 Å². The summed E-state index contributed by atoms with van der Waals surface area (Å²) >= 11 is 0. The number of nitrogens with zero attached hydrogens (tertiary/aromatic N) is 1. The second-order valence-corrected chi connectivity index (χ2v) is 4.55. The zero-order valence-corrected chi connectivity index (χ0v) is 12.4. The summed E-state index contributed by atoms with van der Waals surface area (Å²) in [6, 6.07) is 3.91. The van der Waals surface area contributed by atoms with Crippen LogP contribution in [0.1, 0.15) is 18.9 Å². The molecule has 0 aliphatic heterocycles. The lowest BCUT2D eigenvalue weighted by atomic mass is 10.2. The number of benzene rings is 1. The number of aryl methyl sites for hydroxylation is 1. The van der Waals surface area contributed by atoms with Gasteiger partial charge in [-0.2, -0.15) is 0 Å². The SMILES string of the molecule is CCCNC(COc1ccc([N+](=O)[O-])c(C)c1)C(=O)OC. The fourth-order valence-corrected chi connectivity index (χ4v) is 1.77. The molecular formula is C14H20N2O5. The Morgan fingerprint density at radius 1 is 1.48 bits per heavy atom. The second kappa shape index (κ2) is 8.21. The predicted molar refractivity (Wildman–Crippen MR) is 77.4 cm³/mol. The number of rotatable bonds is 8. The average Bonchev–Trinajstić information content (AvgIpc) is 2.46. The smallest absolute Gasteiger partial charge is 0.326 e. The van der Waals surface area contributed by atoms with Gasteiger partial charge in [-0.3, -0.25) is 14.9 Å². The summed E-state index contributed by atoms with van der Waals surface area (Å²) in [5.74, 6) is 0.0763. The van der Waals surface area contributed by atoms with Crippen molar-refractivity contribution in [1.29, 1.82) is 0 Å². The number of nitrogens with one attached hydrogen (secondary N) is 1. The van der Waals surface area contributed by atoms with Crippen LogP contribution in [0.15, 0.2) is 18.2 Å². The van der Waals surface area contributed by atoms with Crippen LogP contribution in [-0.4, -0.2) is 37.2 Å². The Kier molecular flexibility index (Phi) is 6.61. The van der Waals surface area contributed by atoms with Gasteiger partial charge in [0.15, 0.2) is 0 Å². The van der Waals surface area contributed by atoms with Crippen LogP contribution in [0, 0.1) is 17.0 Å². The Bertz CT molecular complexity index is 504. The van der Waals surface area contributed by atoms with Crippen LogP contribution in [0.2, 0.25) is 0 Å². The third-order valence-electron chi connectivity index (χ3n) is 2.91. The highest BCUT2D eigenvalue weighted by atomic mass is 16.6. The molecule has 0 aliphatic carbocycles. The fourth-order valence-electron chi connectivity index (χ4n) is 1.77. The topological polar surface area (TPSA) is 90.7 Å². The van der Waals surface area contributed by atoms with Gasteiger partial charge >= 0.3 is 5.97 Å². The molecule has 0 radical (unpaired) electrons. The minimum absolute atomic E-state index is 0.0379. The van der Waals surface area contributed by atoms with Crippen LogP contribution in [0.25, 0.3) is 0 Å². The molecule has 0 bridgehead atoms. The van der Waals surface area contributed by atoms with Crippen molar-refractivity contribution in [2.45, 2.75) is 26.3 Å². The monoisotopic (exact) mass is 296 g/mol. The van der Waals surface area contributed by atoms with Crippen molar-refractivity contribution < 1.29 is 19.2 Å². The van der Waals surface area contributed by atoms with E-state index in [4.69, 9.17) is 9.47 Å². The molecule has 0 fully saturated rings. The summed E-state index contributed by atoms with van der Waals surface area (Å²) in [5, 5.41) is 13.8. The Hall–Kier alpha value is -2.15. The first-order valence-electron chi connectivity index (χ1n) is 6.68. The molecule has 0 heterocycles. The second-order valence-electron chi connectivity index (χ2n) is 4.55. The molecule has 116 valence electrons. The molecule has 21 heavy (non-hydrogen) atoms. The lowest BCUT2D eigenvalue weighted by molar-refractivity contribution is -0.385. The summed E-state index contributed by atoms with van der Waals surface area (Å²) in [7, 11) is 1.32. The van der Waals surface area contributed by atoms with Gasteiger partial charge in [0.05, 0.1) is 12.0 Å². The third-order valence-corrected chi connectivity index (χ3v) is 2.91. The number of methoxy groups -OCH3 is 1. The van der Waals surface area contributed by atoms with E-state index in [0.717, 1.165) is 6.42 Å². The van der Waals surface area contributed by atoms with Crippen LogP contribution in [0.5, 0.6) is 5.75 Å². The summed E-state index contributed by atoms with van der Waals surface area (Å²) in [6.07, 6.45) is 0.879. The molecule has 0 amide bonds. The van der Waals surface area contributed by atoms with E-state index in [9.17, 15) is 14.9 Å². The molecule has 0 aliphatic rings. The average molecular weight is 296 g/mol. The minimum atomic E-state index is -0.564. The highest BCUT2D eigenvalue weighted by Crippen LogP contribution is 2.23. The van der Waals surface area contributed by atoms with Gasteiger partial charge < -0.3 is 14.8 Å². The molecule has 0 spiro atoms. The Labute approximate surface area is 123 Å². The Morgan fingerprint density at radius 2 is 2.19 bits per heavy atom. The number of nitro benzene ring substituents is 1. The highest BCUT2D eigenvalue weighted by molar-refractivity contribution is 5.75. The summed E-state index contributed by atoms with van der Waals surface area (Å²) in [4.78, 5) is 21.9. The van der Waals surface area contributed by atoms with E-state index in [1.165, 1.54) is 19.2 Å². The van der Waals surface area contributed by atoms with E-state index in [2.05, 4.69) is 5.32 Å². The number of carbonyl (C=O) groups excluding carboxylic acids is 1. The number of hydrogen-bond acceptors (Lipinski definition) is 6. The first-order valence-corrected chi connectivity index (χ1v) is 6.68. The first kappa shape index (κ1) is 16.9. The van der Waals surface area contributed by atoms with Gasteiger partial charge in [-0.25, -0.2) is 0 Å². The number of hydrogen-bond donors (Lipinski definition) is 1. The van der Waals surface area contributed by atoms with Gasteiger partial charge in [0, 0.05) is 11.6 Å². The lowest BCUT2D eigenvalue weighted by Gasteiger charge is -2.17. The molecule has 1 aromatic rings. The van der Waals surface area contributed by atoms with E-state index in [-0.39, 0.29) is 12.3 Å². The van der Waals surface area contributed by atoms with Crippen molar-refractivity contribution in [3.05, 3.63) is 33.9 Å². The van der Waals surface area contributed by atoms with Crippen LogP contribution in [0.3, 0.4) is 0 Å². The quantitative estimate of drug-likeness (QED) is 0.447. The molecule has 0 saturated carbocycles. The molecular weight excluding hydrogens is 276 g/mol. The number of carbonyl (C=O) groups is 1. The first-order chi connectivity index (χ1) is 9.99. The fraction of sp³-hybridized carbons (Fsp3) is 0.500. The van der Waals surface area contributed by atoms with E-state index in [1.807, 2.05) is 6.92 Å². The minimum Gasteiger partial charge on any atom is -0.491 e. The van der Waals surface area contributed by atoms with Crippen LogP contribution >= 0.6 is 0 Å². The van der Waals surface area contributed by atoms with Gasteiger partial charge in [-0.15, -0.1) is 0 Å². The molecule has 7 nitrogen and oxygen atoms in total. The maximum absolute atomic E-state index is 11.6. The lowest BCUT2D eigenvalue weighted by Crippen LogP contribution is -2.42. The highest BCUT2D eigenvalue weighted by Gasteiger charge is 2.19. The van der Waals surface area contributed by atoms with Gasteiger partial charge in [0.2, 0.25) is 0 Å². The molecule has 1 aromatic carbocycles. The van der Waals surface area contributed by atoms with E-state index >= 15 is 0 Å². The van der Waals surface area contributed by atoms with Crippen molar-refractivity contribution in [3.63, 3.8) is 0 Å². The molecule has 1 rings (SSSR count). The van der Waals surface area contributed by atoms with E-state index in [0.29, 0.717) is 17.9 Å². The predicted octanol–water partition coefficient (Wildman–Crippen LogP) is 1.82. The van der Waals surface area contributed by atoms with Gasteiger partial charge in [-0.1, -0.05) is 6.92 Å². The molecule has 0 aromatic heterocycles. The molecule has 1 unspecified atom stereocenters. The summed E-state index contributed by atoms with van der Waals surface area (Å²) in [6.45, 7) is 4.40. The van der Waals surface area contributed by atoms with Crippen LogP contribution in [-0.2, 0) is 9.53 Å². The van der Waals surface area contributed by atoms with Gasteiger partial charge in [0.25, 0.3) is 5.69 Å². The maximum atomic E-state index is 11.6. The van der Waals surface area contributed by atoms with Gasteiger partial charge in [-0.05, 0) is 32.0 Å². The molecule has 1 N–H and O–H groups in total. The maximum Gasteiger partial charge on any atom is 0.326 e. The molecule has 0 saturated heterocycles.